The van der Waals surface area contributed by atoms with Gasteiger partial charge in [0.25, 0.3) is 0 Å². The van der Waals surface area contributed by atoms with E-state index in [1.165, 1.54) is 19.3 Å². The Balaban J connectivity index is 1.33. The highest BCUT2D eigenvalue weighted by Crippen LogP contribution is 2.35. The topological polar surface area (TPSA) is 77.5 Å². The number of hydrogen-bond acceptors (Lipinski definition) is 7. The molecule has 2 aromatic carbocycles. The zero-order chi connectivity index (χ0) is 25.2. The zero-order valence-electron chi connectivity index (χ0n) is 21.1. The smallest absolute Gasteiger partial charge is 0.161 e. The fourth-order valence-corrected chi connectivity index (χ4v) is 4.63. The molecule has 0 aromatic heterocycles. The number of allylic oxidation sites excluding steroid dienone is 1. The minimum atomic E-state index is -0.701. The van der Waals surface area contributed by atoms with Crippen LogP contribution in [0, 0.1) is 5.92 Å². The summed E-state index contributed by atoms with van der Waals surface area (Å²) < 4.78 is 22.1. The Morgan fingerprint density at radius 2 is 1.75 bits per heavy atom. The van der Waals surface area contributed by atoms with Gasteiger partial charge in [-0.05, 0) is 67.9 Å². The number of carbonyl (C=O) groups is 1. The van der Waals surface area contributed by atoms with Crippen LogP contribution in [-0.4, -0.2) is 62.4 Å². The molecule has 194 valence electrons. The quantitative estimate of drug-likeness (QED) is 0.432. The summed E-state index contributed by atoms with van der Waals surface area (Å²) in [7, 11) is 1.62. The van der Waals surface area contributed by atoms with E-state index in [4.69, 9.17) is 18.9 Å². The van der Waals surface area contributed by atoms with Gasteiger partial charge in [-0.15, -0.1) is 0 Å². The number of aliphatic hydroxyl groups is 1. The Hall–Kier alpha value is -3.03. The largest absolute Gasteiger partial charge is 0.497 e. The lowest BCUT2D eigenvalue weighted by molar-refractivity contribution is -0.118. The minimum Gasteiger partial charge on any atom is -0.497 e. The molecule has 4 rings (SSSR count). The maximum Gasteiger partial charge on any atom is 0.161 e. The second-order valence-corrected chi connectivity index (χ2v) is 9.32. The normalized spacial score (nSPS) is 17.5. The fourth-order valence-electron chi connectivity index (χ4n) is 4.63. The number of Topliss-reactive ketones (excluding diaryl/α,β-unsaturated/α-hetero) is 1. The second-order valence-electron chi connectivity index (χ2n) is 9.32. The van der Waals surface area contributed by atoms with Gasteiger partial charge in [-0.25, -0.2) is 0 Å². The van der Waals surface area contributed by atoms with Crippen LogP contribution in [0.1, 0.15) is 43.8 Å². The Labute approximate surface area is 213 Å². The highest BCUT2D eigenvalue weighted by molar-refractivity contribution is 5.79. The van der Waals surface area contributed by atoms with Gasteiger partial charge in [0, 0.05) is 25.3 Å². The number of ether oxygens (including phenoxy) is 4. The van der Waals surface area contributed by atoms with E-state index in [1.807, 2.05) is 54.6 Å². The third-order valence-corrected chi connectivity index (χ3v) is 6.67. The van der Waals surface area contributed by atoms with Crippen LogP contribution in [0.25, 0.3) is 0 Å². The van der Waals surface area contributed by atoms with Crippen LogP contribution < -0.4 is 18.9 Å². The van der Waals surface area contributed by atoms with Crippen molar-refractivity contribution < 1.29 is 28.8 Å². The number of likely N-dealkylation sites (tertiary alicyclic amines) is 1. The molecule has 36 heavy (non-hydrogen) atoms. The monoisotopic (exact) mass is 495 g/mol. The Morgan fingerprint density at radius 3 is 2.50 bits per heavy atom. The molecule has 0 saturated carbocycles. The van der Waals surface area contributed by atoms with Crippen molar-refractivity contribution in [3.63, 3.8) is 0 Å². The summed E-state index contributed by atoms with van der Waals surface area (Å²) in [6.45, 7) is 4.21. The van der Waals surface area contributed by atoms with Gasteiger partial charge in [0.05, 0.1) is 19.8 Å². The maximum atomic E-state index is 12.5. The Kier molecular flexibility index (Phi) is 9.64. The van der Waals surface area contributed by atoms with E-state index in [0.717, 1.165) is 30.9 Å². The molecular formula is C29H37NO6. The van der Waals surface area contributed by atoms with Crippen molar-refractivity contribution in [1.29, 1.82) is 0 Å². The van der Waals surface area contributed by atoms with Crippen molar-refractivity contribution in [2.75, 3.05) is 46.6 Å². The van der Waals surface area contributed by atoms with E-state index in [0.29, 0.717) is 49.9 Å². The van der Waals surface area contributed by atoms with Crippen molar-refractivity contribution in [3.8, 4) is 23.0 Å². The molecule has 1 N–H and O–H groups in total. The Bertz CT molecular complexity index is 999. The maximum absolute atomic E-state index is 12.5. The summed E-state index contributed by atoms with van der Waals surface area (Å²) in [5.41, 5.74) is 0.796. The van der Waals surface area contributed by atoms with Gasteiger partial charge in [-0.2, -0.15) is 0 Å². The highest BCUT2D eigenvalue weighted by Gasteiger charge is 2.24. The lowest BCUT2D eigenvalue weighted by atomic mass is 9.93. The van der Waals surface area contributed by atoms with Gasteiger partial charge >= 0.3 is 0 Å². The molecule has 1 fully saturated rings. The molecule has 0 unspecified atom stereocenters. The van der Waals surface area contributed by atoms with Gasteiger partial charge in [0.1, 0.15) is 30.5 Å². The van der Waals surface area contributed by atoms with Crippen LogP contribution in [0.5, 0.6) is 23.0 Å². The van der Waals surface area contributed by atoms with Crippen molar-refractivity contribution in [2.24, 2.45) is 5.92 Å². The van der Waals surface area contributed by atoms with Crippen LogP contribution in [-0.2, 0) is 4.79 Å². The first-order valence-electron chi connectivity index (χ1n) is 12.9. The fraction of sp³-hybridized carbons (Fsp3) is 0.483. The molecule has 0 amide bonds. The molecule has 7 heteroatoms. The number of methoxy groups -OCH3 is 1. The SMILES string of the molecule is COc1ccc(OCCC(=O)C/C=C/[C@H](CN2CCCCC2)[C@H](O)c2ccc3c(c2)OCCO3)cc1. The predicted molar refractivity (Wildman–Crippen MR) is 138 cm³/mol. The lowest BCUT2D eigenvalue weighted by Crippen LogP contribution is -2.35. The molecule has 0 radical (unpaired) electrons. The van der Waals surface area contributed by atoms with Crippen molar-refractivity contribution in [2.45, 2.75) is 38.2 Å². The molecule has 2 aliphatic heterocycles. The van der Waals surface area contributed by atoms with Gasteiger partial charge in [0.2, 0.25) is 0 Å². The minimum absolute atomic E-state index is 0.102. The number of rotatable bonds is 12. The average molecular weight is 496 g/mol. The first-order valence-corrected chi connectivity index (χ1v) is 12.9. The van der Waals surface area contributed by atoms with E-state index < -0.39 is 6.10 Å². The highest BCUT2D eigenvalue weighted by atomic mass is 16.6. The number of ketones is 1. The zero-order valence-corrected chi connectivity index (χ0v) is 21.1. The van der Waals surface area contributed by atoms with Crippen LogP contribution in [0.15, 0.2) is 54.6 Å². The van der Waals surface area contributed by atoms with E-state index in [2.05, 4.69) is 4.90 Å². The van der Waals surface area contributed by atoms with E-state index in [-0.39, 0.29) is 11.7 Å². The first-order chi connectivity index (χ1) is 17.6. The number of hydrogen-bond donors (Lipinski definition) is 1. The first kappa shape index (κ1) is 26.0. The number of benzene rings is 2. The van der Waals surface area contributed by atoms with Crippen LogP contribution in [0.4, 0.5) is 0 Å². The summed E-state index contributed by atoms with van der Waals surface area (Å²) in [4.78, 5) is 14.9. The molecule has 2 heterocycles. The van der Waals surface area contributed by atoms with Crippen LogP contribution in [0.3, 0.4) is 0 Å². The van der Waals surface area contributed by atoms with Gasteiger partial charge in [-0.1, -0.05) is 24.6 Å². The van der Waals surface area contributed by atoms with Crippen molar-refractivity contribution >= 4 is 5.78 Å². The van der Waals surface area contributed by atoms with E-state index in [1.54, 1.807) is 7.11 Å². The number of piperidine rings is 1. The number of fused-ring (bicyclic) bond motifs is 1. The van der Waals surface area contributed by atoms with Gasteiger partial charge in [-0.3, -0.25) is 4.79 Å². The van der Waals surface area contributed by atoms with Gasteiger partial charge in [0.15, 0.2) is 11.5 Å². The Morgan fingerprint density at radius 1 is 1.03 bits per heavy atom. The molecule has 2 aromatic rings. The molecule has 1 saturated heterocycles. The summed E-state index contributed by atoms with van der Waals surface area (Å²) in [5, 5.41) is 11.3. The molecule has 0 bridgehead atoms. The molecule has 7 nitrogen and oxygen atoms in total. The van der Waals surface area contributed by atoms with E-state index in [9.17, 15) is 9.90 Å². The third kappa shape index (κ3) is 7.48. The summed E-state index contributed by atoms with van der Waals surface area (Å²) >= 11 is 0. The molecule has 2 aliphatic rings. The van der Waals surface area contributed by atoms with Crippen molar-refractivity contribution in [3.05, 3.63) is 60.2 Å². The number of nitrogens with zero attached hydrogens (tertiary/aromatic N) is 1. The van der Waals surface area contributed by atoms with Gasteiger partial charge < -0.3 is 29.0 Å². The molecular weight excluding hydrogens is 458 g/mol. The van der Waals surface area contributed by atoms with E-state index >= 15 is 0 Å². The summed E-state index contributed by atoms with van der Waals surface area (Å²) in [5.74, 6) is 2.83. The average Bonchev–Trinajstić information content (AvgIpc) is 2.93. The van der Waals surface area contributed by atoms with Crippen LogP contribution in [0.2, 0.25) is 0 Å². The molecule has 0 spiro atoms. The molecule has 0 aliphatic carbocycles. The molecule has 2 atom stereocenters. The van der Waals surface area contributed by atoms with Crippen molar-refractivity contribution in [1.82, 2.24) is 4.90 Å². The number of carbonyl (C=O) groups excluding carboxylic acids is 1. The second kappa shape index (κ2) is 13.3. The number of aliphatic hydroxyl groups excluding tert-OH is 1. The predicted octanol–water partition coefficient (Wildman–Crippen LogP) is 4.59. The third-order valence-electron chi connectivity index (χ3n) is 6.67. The summed E-state index contributed by atoms with van der Waals surface area (Å²) in [6, 6.07) is 12.9. The summed E-state index contributed by atoms with van der Waals surface area (Å²) in [6.07, 6.45) is 7.46. The lowest BCUT2D eigenvalue weighted by Gasteiger charge is -2.31. The standard InChI is InChI=1S/C29H37NO6/c1-33-25-9-11-26(12-10-25)34-17-14-24(31)7-5-6-23(21-30-15-3-2-4-16-30)29(32)22-8-13-27-28(20-22)36-19-18-35-27/h5-6,8-13,20,23,29,32H,2-4,7,14-19,21H2,1H3/b6-5+/t23-,29-/m1/s1. The van der Waals surface area contributed by atoms with Crippen LogP contribution >= 0.6 is 0 Å².